The SMILES string of the molecule is CC(C)(C)C#Cc1cc(COc2cc(-c3cnc(C4CCN(C(C)(C)C)C4)s3)cnc2N)c(C(C)(C)C)c(C(C)(C)C)c1. The maximum Gasteiger partial charge on any atom is 0.166 e. The lowest BCUT2D eigenvalue weighted by atomic mass is 9.72. The Labute approximate surface area is 264 Å². The highest BCUT2D eigenvalue weighted by Crippen LogP contribution is 2.40. The number of nitrogens with zero attached hydrogens (tertiary/aromatic N) is 3. The molecule has 0 bridgehead atoms. The van der Waals surface area contributed by atoms with Gasteiger partial charge in [0.1, 0.15) is 6.61 Å². The highest BCUT2D eigenvalue weighted by atomic mass is 32.1. The van der Waals surface area contributed by atoms with Crippen LogP contribution in [0.5, 0.6) is 5.75 Å². The maximum atomic E-state index is 6.49. The molecule has 4 rings (SSSR count). The fraction of sp³-hybridized carbons (Fsp3) is 0.568. The molecule has 0 radical (unpaired) electrons. The molecule has 3 aromatic rings. The topological polar surface area (TPSA) is 64.3 Å². The van der Waals surface area contributed by atoms with Gasteiger partial charge in [0, 0.05) is 46.9 Å². The molecular formula is C37H52N4OS. The average molecular weight is 601 g/mol. The Hall–Kier alpha value is -2.88. The molecule has 1 aliphatic rings. The van der Waals surface area contributed by atoms with Crippen molar-refractivity contribution >= 4 is 17.2 Å². The van der Waals surface area contributed by atoms with Crippen LogP contribution in [-0.4, -0.2) is 33.5 Å². The third-order valence-electron chi connectivity index (χ3n) is 7.92. The van der Waals surface area contributed by atoms with Crippen molar-refractivity contribution in [2.24, 2.45) is 5.41 Å². The quantitative estimate of drug-likeness (QED) is 0.296. The van der Waals surface area contributed by atoms with Gasteiger partial charge in [-0.05, 0) is 100 Å². The lowest BCUT2D eigenvalue weighted by Gasteiger charge is -2.33. The minimum absolute atomic E-state index is 0.0512. The van der Waals surface area contributed by atoms with E-state index in [1.807, 2.05) is 18.5 Å². The first-order valence-electron chi connectivity index (χ1n) is 15.5. The zero-order valence-electron chi connectivity index (χ0n) is 28.5. The molecule has 0 saturated carbocycles. The third-order valence-corrected chi connectivity index (χ3v) is 9.13. The largest absolute Gasteiger partial charge is 0.485 e. The molecule has 232 valence electrons. The van der Waals surface area contributed by atoms with Crippen molar-refractivity contribution in [1.82, 2.24) is 14.9 Å². The Morgan fingerprint density at radius 1 is 0.930 bits per heavy atom. The van der Waals surface area contributed by atoms with Gasteiger partial charge in [-0.2, -0.15) is 0 Å². The summed E-state index contributed by atoms with van der Waals surface area (Å²) in [6.07, 6.45) is 4.95. The Balaban J connectivity index is 1.65. The van der Waals surface area contributed by atoms with Crippen molar-refractivity contribution in [2.45, 2.75) is 118 Å². The van der Waals surface area contributed by atoms with E-state index in [1.165, 1.54) is 16.1 Å². The van der Waals surface area contributed by atoms with Crippen LogP contribution in [0.2, 0.25) is 0 Å². The van der Waals surface area contributed by atoms with Crippen molar-refractivity contribution in [2.75, 3.05) is 18.8 Å². The van der Waals surface area contributed by atoms with Crippen LogP contribution >= 0.6 is 11.3 Å². The van der Waals surface area contributed by atoms with Crippen molar-refractivity contribution in [1.29, 1.82) is 0 Å². The summed E-state index contributed by atoms with van der Waals surface area (Å²) in [4.78, 5) is 13.0. The van der Waals surface area contributed by atoms with E-state index in [2.05, 4.69) is 117 Å². The summed E-state index contributed by atoms with van der Waals surface area (Å²) in [5.41, 5.74) is 12.1. The van der Waals surface area contributed by atoms with Gasteiger partial charge < -0.3 is 10.5 Å². The number of pyridine rings is 1. The van der Waals surface area contributed by atoms with Crippen LogP contribution in [0.15, 0.2) is 30.6 Å². The van der Waals surface area contributed by atoms with Gasteiger partial charge in [-0.3, -0.25) is 4.90 Å². The molecule has 2 aromatic heterocycles. The minimum atomic E-state index is -0.0813. The summed E-state index contributed by atoms with van der Waals surface area (Å²) in [6, 6.07) is 6.48. The number of likely N-dealkylation sites (tertiary alicyclic amines) is 1. The smallest absolute Gasteiger partial charge is 0.166 e. The highest BCUT2D eigenvalue weighted by Gasteiger charge is 2.33. The van der Waals surface area contributed by atoms with E-state index in [0.29, 0.717) is 24.1 Å². The number of benzene rings is 1. The molecule has 3 heterocycles. The van der Waals surface area contributed by atoms with E-state index in [1.54, 1.807) is 11.3 Å². The molecule has 1 aromatic carbocycles. The summed E-state index contributed by atoms with van der Waals surface area (Å²) >= 11 is 1.76. The summed E-state index contributed by atoms with van der Waals surface area (Å²) in [7, 11) is 0. The Bertz CT molecular complexity index is 1510. The van der Waals surface area contributed by atoms with E-state index in [0.717, 1.165) is 41.1 Å². The maximum absolute atomic E-state index is 6.49. The molecule has 43 heavy (non-hydrogen) atoms. The van der Waals surface area contributed by atoms with Crippen LogP contribution in [0.3, 0.4) is 0 Å². The van der Waals surface area contributed by atoms with Gasteiger partial charge in [0.25, 0.3) is 0 Å². The summed E-state index contributed by atoms with van der Waals surface area (Å²) in [6.45, 7) is 29.4. The number of rotatable bonds is 5. The first kappa shape index (κ1) is 33.0. The predicted molar refractivity (Wildman–Crippen MR) is 183 cm³/mol. The third kappa shape index (κ3) is 8.19. The molecule has 0 amide bonds. The summed E-state index contributed by atoms with van der Waals surface area (Å²) in [5, 5.41) is 1.19. The summed E-state index contributed by atoms with van der Waals surface area (Å²) in [5.74, 6) is 8.31. The minimum Gasteiger partial charge on any atom is -0.485 e. The normalized spacial score (nSPS) is 16.7. The van der Waals surface area contributed by atoms with Gasteiger partial charge >= 0.3 is 0 Å². The second-order valence-corrected chi connectivity index (χ2v) is 17.2. The van der Waals surface area contributed by atoms with Crippen LogP contribution in [-0.2, 0) is 17.4 Å². The van der Waals surface area contributed by atoms with Crippen LogP contribution in [0.4, 0.5) is 5.82 Å². The van der Waals surface area contributed by atoms with Gasteiger partial charge in [0.05, 0.1) is 9.88 Å². The van der Waals surface area contributed by atoms with Gasteiger partial charge in [0.2, 0.25) is 0 Å². The second-order valence-electron chi connectivity index (χ2n) is 16.1. The number of nitrogen functional groups attached to an aromatic ring is 1. The fourth-order valence-corrected chi connectivity index (χ4v) is 6.69. The zero-order chi connectivity index (χ0) is 32.0. The lowest BCUT2D eigenvalue weighted by Crippen LogP contribution is -2.39. The van der Waals surface area contributed by atoms with Crippen molar-refractivity contribution in [3.8, 4) is 28.0 Å². The van der Waals surface area contributed by atoms with E-state index >= 15 is 0 Å². The molecule has 1 fully saturated rings. The van der Waals surface area contributed by atoms with Crippen molar-refractivity contribution in [3.05, 3.63) is 57.9 Å². The van der Waals surface area contributed by atoms with Gasteiger partial charge in [-0.25, -0.2) is 9.97 Å². The van der Waals surface area contributed by atoms with Crippen molar-refractivity contribution in [3.63, 3.8) is 0 Å². The van der Waals surface area contributed by atoms with Crippen molar-refractivity contribution < 1.29 is 4.74 Å². The Morgan fingerprint density at radius 3 is 2.21 bits per heavy atom. The number of anilines is 1. The molecule has 0 aliphatic carbocycles. The molecule has 1 aliphatic heterocycles. The molecule has 5 nitrogen and oxygen atoms in total. The Kier molecular flexibility index (Phi) is 9.14. The number of aromatic nitrogens is 2. The van der Waals surface area contributed by atoms with E-state index in [9.17, 15) is 0 Å². The molecular weight excluding hydrogens is 549 g/mol. The fourth-order valence-electron chi connectivity index (χ4n) is 5.67. The number of hydrogen-bond acceptors (Lipinski definition) is 6. The first-order chi connectivity index (χ1) is 19.7. The second kappa shape index (κ2) is 11.9. The number of ether oxygens (including phenoxy) is 1. The van der Waals surface area contributed by atoms with Crippen LogP contribution in [0.25, 0.3) is 10.4 Å². The zero-order valence-corrected chi connectivity index (χ0v) is 29.3. The molecule has 1 atom stereocenters. The lowest BCUT2D eigenvalue weighted by molar-refractivity contribution is 0.173. The van der Waals surface area contributed by atoms with E-state index in [4.69, 9.17) is 15.5 Å². The average Bonchev–Trinajstić information content (AvgIpc) is 3.55. The van der Waals surface area contributed by atoms with E-state index in [-0.39, 0.29) is 21.8 Å². The number of thiazole rings is 1. The molecule has 1 saturated heterocycles. The predicted octanol–water partition coefficient (Wildman–Crippen LogP) is 8.95. The first-order valence-corrected chi connectivity index (χ1v) is 16.3. The number of hydrogen-bond donors (Lipinski definition) is 1. The van der Waals surface area contributed by atoms with Gasteiger partial charge in [-0.15, -0.1) is 11.3 Å². The highest BCUT2D eigenvalue weighted by molar-refractivity contribution is 7.15. The molecule has 0 spiro atoms. The molecule has 1 unspecified atom stereocenters. The van der Waals surface area contributed by atoms with Crippen LogP contribution in [0.1, 0.15) is 123 Å². The Morgan fingerprint density at radius 2 is 1.63 bits per heavy atom. The summed E-state index contributed by atoms with van der Waals surface area (Å²) < 4.78 is 6.49. The van der Waals surface area contributed by atoms with Crippen LogP contribution in [0, 0.1) is 17.3 Å². The van der Waals surface area contributed by atoms with Gasteiger partial charge in [0.15, 0.2) is 11.6 Å². The monoisotopic (exact) mass is 600 g/mol. The standard InChI is InChI=1S/C37H52N4OS/c1-34(2,3)15-13-24-17-27(31(36(7,8)9)28(18-24)35(4,5)6)23-42-29-19-26(20-39-32(29)38)30-21-40-33(43-30)25-14-16-41(22-25)37(10,11)12/h17-21,25H,14,16,22-23H2,1-12H3,(H2,38,39). The van der Waals surface area contributed by atoms with Gasteiger partial charge in [-0.1, -0.05) is 53.4 Å². The number of nitrogens with two attached hydrogens (primary N) is 1. The molecule has 2 N–H and O–H groups in total. The molecule has 6 heteroatoms. The van der Waals surface area contributed by atoms with Crippen LogP contribution < -0.4 is 10.5 Å². The van der Waals surface area contributed by atoms with E-state index < -0.39 is 0 Å².